The van der Waals surface area contributed by atoms with Crippen LogP contribution in [-0.4, -0.2) is 29.9 Å². The van der Waals surface area contributed by atoms with E-state index in [1.165, 1.54) is 18.9 Å². The van der Waals surface area contributed by atoms with Crippen molar-refractivity contribution in [3.63, 3.8) is 0 Å². The lowest BCUT2D eigenvalue weighted by Crippen LogP contribution is -2.47. The van der Waals surface area contributed by atoms with Crippen molar-refractivity contribution < 1.29 is 14.2 Å². The number of hydrogen-bond acceptors (Lipinski definition) is 3. The molecule has 1 unspecified atom stereocenters. The van der Waals surface area contributed by atoms with Crippen molar-refractivity contribution >= 4 is 0 Å². The monoisotopic (exact) mass is 281 g/mol. The van der Waals surface area contributed by atoms with Gasteiger partial charge < -0.3 is 15.2 Å². The molecule has 0 bridgehead atoms. The maximum Gasteiger partial charge on any atom is 0.126 e. The van der Waals surface area contributed by atoms with Crippen LogP contribution in [0.2, 0.25) is 0 Å². The molecule has 0 heterocycles. The van der Waals surface area contributed by atoms with Crippen LogP contribution < -0.4 is 10.1 Å². The maximum absolute atomic E-state index is 13.1. The van der Waals surface area contributed by atoms with Crippen molar-refractivity contribution in [2.45, 2.75) is 51.1 Å². The maximum atomic E-state index is 13.1. The van der Waals surface area contributed by atoms with E-state index in [9.17, 15) is 9.50 Å². The third-order valence-electron chi connectivity index (χ3n) is 3.75. The number of nitrogens with one attached hydrogen (secondary N) is 1. The van der Waals surface area contributed by atoms with Gasteiger partial charge in [-0.2, -0.15) is 0 Å². The second kappa shape index (κ2) is 6.55. The normalized spacial score (nSPS) is 17.8. The zero-order valence-electron chi connectivity index (χ0n) is 12.3. The highest BCUT2D eigenvalue weighted by atomic mass is 19.1. The zero-order chi connectivity index (χ0) is 14.6. The van der Waals surface area contributed by atoms with Gasteiger partial charge in [0, 0.05) is 11.6 Å². The molecule has 2 rings (SSSR count). The van der Waals surface area contributed by atoms with Crippen LogP contribution in [0.5, 0.6) is 5.75 Å². The van der Waals surface area contributed by atoms with Crippen LogP contribution in [0.4, 0.5) is 4.39 Å². The van der Waals surface area contributed by atoms with Gasteiger partial charge in [0.1, 0.15) is 11.6 Å². The summed E-state index contributed by atoms with van der Waals surface area (Å²) in [5.41, 5.74) is 0.376. The SMILES string of the molecule is Cc1cc(OCCCC(C)(CO)NC2CC2)ccc1F. The summed E-state index contributed by atoms with van der Waals surface area (Å²) in [6, 6.07) is 5.36. The van der Waals surface area contributed by atoms with Crippen molar-refractivity contribution in [3.8, 4) is 5.75 Å². The van der Waals surface area contributed by atoms with Crippen LogP contribution in [0, 0.1) is 12.7 Å². The second-order valence-electron chi connectivity index (χ2n) is 6.00. The van der Waals surface area contributed by atoms with E-state index in [2.05, 4.69) is 5.32 Å². The van der Waals surface area contributed by atoms with Gasteiger partial charge >= 0.3 is 0 Å². The Bertz CT molecular complexity index is 448. The van der Waals surface area contributed by atoms with Crippen LogP contribution in [0.15, 0.2) is 18.2 Å². The van der Waals surface area contributed by atoms with Gasteiger partial charge in [0.05, 0.1) is 13.2 Å². The Hall–Kier alpha value is -1.13. The van der Waals surface area contributed by atoms with E-state index in [1.54, 1.807) is 19.1 Å². The van der Waals surface area contributed by atoms with Gasteiger partial charge in [-0.25, -0.2) is 4.39 Å². The average Bonchev–Trinajstić information content (AvgIpc) is 3.22. The predicted octanol–water partition coefficient (Wildman–Crippen LogP) is 2.80. The predicted molar refractivity (Wildman–Crippen MR) is 77.5 cm³/mol. The standard InChI is InChI=1S/C16H24FNO2/c1-12-10-14(6-7-15(12)17)20-9-3-8-16(2,11-19)18-13-4-5-13/h6-7,10,13,18-19H,3-5,8-9,11H2,1-2H3. The molecule has 3 nitrogen and oxygen atoms in total. The molecule has 4 heteroatoms. The number of halogens is 1. The highest BCUT2D eigenvalue weighted by Crippen LogP contribution is 2.24. The molecule has 20 heavy (non-hydrogen) atoms. The Labute approximate surface area is 120 Å². The molecule has 1 aromatic rings. The summed E-state index contributed by atoms with van der Waals surface area (Å²) in [5, 5.41) is 13.0. The third-order valence-corrected chi connectivity index (χ3v) is 3.75. The summed E-state index contributed by atoms with van der Waals surface area (Å²) in [6.45, 7) is 4.49. The van der Waals surface area contributed by atoms with Crippen molar-refractivity contribution in [3.05, 3.63) is 29.6 Å². The largest absolute Gasteiger partial charge is 0.494 e. The molecular formula is C16H24FNO2. The quantitative estimate of drug-likeness (QED) is 0.720. The lowest BCUT2D eigenvalue weighted by molar-refractivity contribution is 0.154. The van der Waals surface area contributed by atoms with E-state index in [-0.39, 0.29) is 18.0 Å². The molecule has 0 aliphatic heterocycles. The molecule has 112 valence electrons. The van der Waals surface area contributed by atoms with Gasteiger partial charge in [-0.05, 0) is 63.3 Å². The Morgan fingerprint density at radius 1 is 1.45 bits per heavy atom. The highest BCUT2D eigenvalue weighted by molar-refractivity contribution is 5.28. The van der Waals surface area contributed by atoms with E-state index in [1.807, 2.05) is 6.92 Å². The van der Waals surface area contributed by atoms with Crippen molar-refractivity contribution in [1.82, 2.24) is 5.32 Å². The lowest BCUT2D eigenvalue weighted by atomic mass is 9.97. The average molecular weight is 281 g/mol. The minimum absolute atomic E-state index is 0.138. The first-order chi connectivity index (χ1) is 9.52. The van der Waals surface area contributed by atoms with Crippen LogP contribution in [0.1, 0.15) is 38.2 Å². The van der Waals surface area contributed by atoms with Gasteiger partial charge in [-0.15, -0.1) is 0 Å². The van der Waals surface area contributed by atoms with Crippen LogP contribution in [0.25, 0.3) is 0 Å². The molecule has 1 aromatic carbocycles. The minimum atomic E-state index is -0.219. The van der Waals surface area contributed by atoms with E-state index < -0.39 is 0 Å². The zero-order valence-corrected chi connectivity index (χ0v) is 12.3. The highest BCUT2D eigenvalue weighted by Gasteiger charge is 2.31. The number of aliphatic hydroxyl groups is 1. The van der Waals surface area contributed by atoms with Crippen LogP contribution in [-0.2, 0) is 0 Å². The van der Waals surface area contributed by atoms with E-state index in [0.29, 0.717) is 24.0 Å². The number of aliphatic hydroxyl groups excluding tert-OH is 1. The first-order valence-electron chi connectivity index (χ1n) is 7.30. The minimum Gasteiger partial charge on any atom is -0.494 e. The molecule has 2 N–H and O–H groups in total. The van der Waals surface area contributed by atoms with E-state index >= 15 is 0 Å². The Morgan fingerprint density at radius 3 is 2.80 bits per heavy atom. The molecule has 0 spiro atoms. The molecule has 1 atom stereocenters. The summed E-state index contributed by atoms with van der Waals surface area (Å²) in [5.74, 6) is 0.489. The Balaban J connectivity index is 1.73. The van der Waals surface area contributed by atoms with Gasteiger partial charge in [0.15, 0.2) is 0 Å². The number of aryl methyl sites for hydroxylation is 1. The first-order valence-corrected chi connectivity index (χ1v) is 7.30. The summed E-state index contributed by atoms with van der Waals surface area (Å²) < 4.78 is 18.8. The molecule has 0 saturated heterocycles. The third kappa shape index (κ3) is 4.46. The molecule has 1 saturated carbocycles. The Kier molecular flexibility index (Phi) is 5.00. The molecular weight excluding hydrogens is 257 g/mol. The summed E-state index contributed by atoms with van der Waals surface area (Å²) in [4.78, 5) is 0. The molecule has 1 aliphatic rings. The first kappa shape index (κ1) is 15.3. The summed E-state index contributed by atoms with van der Waals surface area (Å²) in [6.07, 6.45) is 4.13. The summed E-state index contributed by atoms with van der Waals surface area (Å²) in [7, 11) is 0. The number of benzene rings is 1. The fourth-order valence-corrected chi connectivity index (χ4v) is 2.28. The van der Waals surface area contributed by atoms with Crippen LogP contribution in [0.3, 0.4) is 0 Å². The van der Waals surface area contributed by atoms with E-state index in [0.717, 1.165) is 12.8 Å². The molecule has 1 aliphatic carbocycles. The fraction of sp³-hybridized carbons (Fsp3) is 0.625. The van der Waals surface area contributed by atoms with E-state index in [4.69, 9.17) is 4.74 Å². The number of hydrogen-bond donors (Lipinski definition) is 2. The topological polar surface area (TPSA) is 41.5 Å². The van der Waals surface area contributed by atoms with Crippen LogP contribution >= 0.6 is 0 Å². The fourth-order valence-electron chi connectivity index (χ4n) is 2.28. The van der Waals surface area contributed by atoms with Crippen molar-refractivity contribution in [2.75, 3.05) is 13.2 Å². The Morgan fingerprint density at radius 2 is 2.20 bits per heavy atom. The number of ether oxygens (including phenoxy) is 1. The number of rotatable bonds is 8. The van der Waals surface area contributed by atoms with Crippen molar-refractivity contribution in [1.29, 1.82) is 0 Å². The smallest absolute Gasteiger partial charge is 0.126 e. The molecule has 0 amide bonds. The van der Waals surface area contributed by atoms with Crippen molar-refractivity contribution in [2.24, 2.45) is 0 Å². The van der Waals surface area contributed by atoms with Gasteiger partial charge in [-0.1, -0.05) is 0 Å². The lowest BCUT2D eigenvalue weighted by Gasteiger charge is -2.29. The van der Waals surface area contributed by atoms with Gasteiger partial charge in [0.2, 0.25) is 0 Å². The van der Waals surface area contributed by atoms with Gasteiger partial charge in [0.25, 0.3) is 0 Å². The van der Waals surface area contributed by atoms with Gasteiger partial charge in [-0.3, -0.25) is 0 Å². The second-order valence-corrected chi connectivity index (χ2v) is 6.00. The molecule has 1 fully saturated rings. The molecule has 0 aromatic heterocycles. The molecule has 0 radical (unpaired) electrons. The summed E-state index contributed by atoms with van der Waals surface area (Å²) >= 11 is 0.